The van der Waals surface area contributed by atoms with Crippen LogP contribution in [0.25, 0.3) is 0 Å². The number of carboxylic acid groups (broad SMARTS) is 1. The summed E-state index contributed by atoms with van der Waals surface area (Å²) < 4.78 is 36.1. The van der Waals surface area contributed by atoms with Gasteiger partial charge in [0.15, 0.2) is 0 Å². The second-order valence-electron chi connectivity index (χ2n) is 8.16. The van der Waals surface area contributed by atoms with E-state index >= 15 is 0 Å². The first kappa shape index (κ1) is 24.4. The molecule has 0 bridgehead atoms. The van der Waals surface area contributed by atoms with Gasteiger partial charge in [-0.15, -0.1) is 0 Å². The second-order valence-corrected chi connectivity index (χ2v) is 10.2. The van der Waals surface area contributed by atoms with E-state index in [2.05, 4.69) is 0 Å². The van der Waals surface area contributed by atoms with E-state index in [-0.39, 0.29) is 18.5 Å². The van der Waals surface area contributed by atoms with Gasteiger partial charge in [0.2, 0.25) is 10.0 Å². The molecule has 168 valence electrons. The van der Waals surface area contributed by atoms with Crippen LogP contribution in [0.3, 0.4) is 0 Å². The van der Waals surface area contributed by atoms with Gasteiger partial charge in [-0.05, 0) is 56.7 Å². The zero-order chi connectivity index (χ0) is 23.4. The average Bonchev–Trinajstić information content (AvgIpc) is 2.61. The molecule has 1 N–H and O–H groups in total. The lowest BCUT2D eigenvalue weighted by atomic mass is 10.1. The monoisotopic (exact) mass is 449 g/mol. The minimum absolute atomic E-state index is 0.0282. The number of carbonyl (C=O) groups excluding carboxylic acids is 1. The Labute approximate surface area is 182 Å². The first-order chi connectivity index (χ1) is 14.2. The summed E-state index contributed by atoms with van der Waals surface area (Å²) in [7, 11) is -2.00. The summed E-state index contributed by atoms with van der Waals surface area (Å²) in [4.78, 5) is 23.2. The number of sulfonamides is 1. The van der Waals surface area contributed by atoms with Gasteiger partial charge in [0.1, 0.15) is 17.1 Å². The molecular weight excluding hydrogens is 422 g/mol. The van der Waals surface area contributed by atoms with Gasteiger partial charge in [-0.2, -0.15) is 0 Å². The molecule has 0 aliphatic carbocycles. The van der Waals surface area contributed by atoms with Crippen LogP contribution in [-0.4, -0.2) is 48.7 Å². The molecule has 0 radical (unpaired) electrons. The van der Waals surface area contributed by atoms with Crippen LogP contribution in [-0.2, 0) is 32.5 Å². The number of benzene rings is 2. The van der Waals surface area contributed by atoms with Crippen LogP contribution in [0.2, 0.25) is 0 Å². The number of hydrogen-bond acceptors (Lipinski definition) is 6. The quantitative estimate of drug-likeness (QED) is 0.615. The Bertz CT molecular complexity index is 1050. The predicted molar refractivity (Wildman–Crippen MR) is 116 cm³/mol. The van der Waals surface area contributed by atoms with Crippen molar-refractivity contribution < 1.29 is 32.6 Å². The van der Waals surface area contributed by atoms with Crippen molar-refractivity contribution >= 4 is 22.0 Å². The third-order valence-corrected chi connectivity index (χ3v) is 5.44. The molecule has 0 heterocycles. The van der Waals surface area contributed by atoms with Gasteiger partial charge in [0.05, 0.1) is 18.2 Å². The summed E-state index contributed by atoms with van der Waals surface area (Å²) in [5, 5.41) is 9.02. The Morgan fingerprint density at radius 3 is 2.19 bits per heavy atom. The van der Waals surface area contributed by atoms with Crippen molar-refractivity contribution in [3.8, 4) is 11.5 Å². The summed E-state index contributed by atoms with van der Waals surface area (Å²) in [5.74, 6) is -0.652. The van der Waals surface area contributed by atoms with Gasteiger partial charge in [-0.25, -0.2) is 17.5 Å². The molecule has 2 rings (SSSR count). The summed E-state index contributed by atoms with van der Waals surface area (Å²) >= 11 is 0. The lowest BCUT2D eigenvalue weighted by molar-refractivity contribution is -0.153. The summed E-state index contributed by atoms with van der Waals surface area (Å²) in [6, 6.07) is 10.9. The van der Waals surface area contributed by atoms with Crippen LogP contribution < -0.4 is 4.74 Å². The molecule has 0 aliphatic rings. The normalized spacial score (nSPS) is 11.9. The fourth-order valence-corrected chi connectivity index (χ4v) is 3.03. The van der Waals surface area contributed by atoms with Gasteiger partial charge in [0, 0.05) is 19.2 Å². The number of carbonyl (C=O) groups is 2. The SMILES string of the molecule is CN(Cc1cc(CC(=O)OC(C)(C)C)ccc1Oc1ccc(C(=O)O)cc1)S(C)(=O)=O. The molecule has 0 fully saturated rings. The maximum Gasteiger partial charge on any atom is 0.335 e. The van der Waals surface area contributed by atoms with Crippen molar-refractivity contribution in [1.82, 2.24) is 4.31 Å². The highest BCUT2D eigenvalue weighted by Crippen LogP contribution is 2.28. The Morgan fingerprint density at radius 2 is 1.68 bits per heavy atom. The van der Waals surface area contributed by atoms with E-state index in [0.717, 1.165) is 6.26 Å². The first-order valence-electron chi connectivity index (χ1n) is 9.51. The molecule has 0 aliphatic heterocycles. The van der Waals surface area contributed by atoms with Gasteiger partial charge in [-0.3, -0.25) is 4.79 Å². The molecule has 31 heavy (non-hydrogen) atoms. The van der Waals surface area contributed by atoms with Crippen LogP contribution in [0.1, 0.15) is 42.3 Å². The van der Waals surface area contributed by atoms with Crippen molar-refractivity contribution in [3.63, 3.8) is 0 Å². The van der Waals surface area contributed by atoms with Gasteiger partial charge < -0.3 is 14.6 Å². The van der Waals surface area contributed by atoms with Crippen molar-refractivity contribution in [2.45, 2.75) is 39.3 Å². The molecular formula is C22H27NO7S. The minimum atomic E-state index is -3.44. The molecule has 0 amide bonds. The molecule has 2 aromatic rings. The summed E-state index contributed by atoms with van der Waals surface area (Å²) in [5.41, 5.74) is 0.717. The minimum Gasteiger partial charge on any atom is -0.478 e. The number of aromatic carboxylic acids is 1. The topological polar surface area (TPSA) is 110 Å². The van der Waals surface area contributed by atoms with E-state index in [4.69, 9.17) is 14.6 Å². The number of nitrogens with zero attached hydrogens (tertiary/aromatic N) is 1. The largest absolute Gasteiger partial charge is 0.478 e. The molecule has 0 aromatic heterocycles. The van der Waals surface area contributed by atoms with E-state index in [1.807, 2.05) is 0 Å². The van der Waals surface area contributed by atoms with Crippen molar-refractivity contribution in [1.29, 1.82) is 0 Å². The van der Waals surface area contributed by atoms with E-state index in [9.17, 15) is 18.0 Å². The first-order valence-corrected chi connectivity index (χ1v) is 11.4. The Kier molecular flexibility index (Phi) is 7.45. The van der Waals surface area contributed by atoms with Crippen LogP contribution in [0.4, 0.5) is 0 Å². The zero-order valence-electron chi connectivity index (χ0n) is 18.2. The van der Waals surface area contributed by atoms with Crippen LogP contribution >= 0.6 is 0 Å². The second kappa shape index (κ2) is 9.49. The molecule has 2 aromatic carbocycles. The molecule has 0 saturated carbocycles. The number of esters is 1. The fraction of sp³-hybridized carbons (Fsp3) is 0.364. The van der Waals surface area contributed by atoms with Gasteiger partial charge in [0.25, 0.3) is 0 Å². The molecule has 0 spiro atoms. The molecule has 0 unspecified atom stereocenters. The van der Waals surface area contributed by atoms with Crippen LogP contribution in [0.5, 0.6) is 11.5 Å². The van der Waals surface area contributed by atoms with Crippen molar-refractivity contribution in [2.24, 2.45) is 0 Å². The van der Waals surface area contributed by atoms with E-state index in [1.165, 1.54) is 35.6 Å². The predicted octanol–water partition coefficient (Wildman–Crippen LogP) is 3.45. The molecule has 9 heteroatoms. The van der Waals surface area contributed by atoms with E-state index < -0.39 is 27.6 Å². The maximum absolute atomic E-state index is 12.2. The molecule has 0 atom stereocenters. The summed E-state index contributed by atoms with van der Waals surface area (Å²) in [6.07, 6.45) is 1.13. The lowest BCUT2D eigenvalue weighted by Crippen LogP contribution is -2.26. The number of hydrogen-bond donors (Lipinski definition) is 1. The van der Waals surface area contributed by atoms with Crippen molar-refractivity contribution in [3.05, 3.63) is 59.2 Å². The number of carboxylic acids is 1. The Morgan fingerprint density at radius 1 is 1.06 bits per heavy atom. The van der Waals surface area contributed by atoms with Crippen LogP contribution in [0, 0.1) is 0 Å². The smallest absolute Gasteiger partial charge is 0.335 e. The zero-order valence-corrected chi connectivity index (χ0v) is 19.0. The Balaban J connectivity index is 2.32. The van der Waals surface area contributed by atoms with Crippen LogP contribution in [0.15, 0.2) is 42.5 Å². The van der Waals surface area contributed by atoms with E-state index in [1.54, 1.807) is 39.0 Å². The summed E-state index contributed by atoms with van der Waals surface area (Å²) in [6.45, 7) is 5.38. The highest BCUT2D eigenvalue weighted by molar-refractivity contribution is 7.88. The van der Waals surface area contributed by atoms with Gasteiger partial charge >= 0.3 is 11.9 Å². The lowest BCUT2D eigenvalue weighted by Gasteiger charge is -2.20. The molecule has 0 saturated heterocycles. The van der Waals surface area contributed by atoms with Crippen molar-refractivity contribution in [2.75, 3.05) is 13.3 Å². The highest BCUT2D eigenvalue weighted by atomic mass is 32.2. The fourth-order valence-electron chi connectivity index (χ4n) is 2.66. The average molecular weight is 450 g/mol. The third-order valence-electron chi connectivity index (χ3n) is 4.18. The Hall–Kier alpha value is -2.91. The maximum atomic E-state index is 12.2. The number of ether oxygens (including phenoxy) is 2. The third kappa shape index (κ3) is 7.69. The number of rotatable bonds is 8. The van der Waals surface area contributed by atoms with E-state index in [0.29, 0.717) is 22.6 Å². The highest BCUT2D eigenvalue weighted by Gasteiger charge is 2.19. The standard InChI is InChI=1S/C22H27NO7S/c1-22(2,3)30-20(24)13-15-6-11-19(17(12-15)14-23(4)31(5,27)28)29-18-9-7-16(8-10-18)21(25)26/h6-12H,13-14H2,1-5H3,(H,25,26). The molecule has 8 nitrogen and oxygen atoms in total. The van der Waals surface area contributed by atoms with Gasteiger partial charge in [-0.1, -0.05) is 12.1 Å².